The average molecular weight is 207 g/mol. The molecule has 15 heavy (non-hydrogen) atoms. The van der Waals surface area contributed by atoms with Gasteiger partial charge < -0.3 is 15.4 Å². The second-order valence-electron chi connectivity index (χ2n) is 3.41. The van der Waals surface area contributed by atoms with Gasteiger partial charge in [-0.2, -0.15) is 0 Å². The summed E-state index contributed by atoms with van der Waals surface area (Å²) in [5, 5.41) is 5.93. The lowest BCUT2D eigenvalue weighted by Crippen LogP contribution is -2.38. The van der Waals surface area contributed by atoms with Gasteiger partial charge in [0.25, 0.3) is 0 Å². The number of rotatable bonds is 2. The number of carbonyl (C=O) groups excluding carboxylic acids is 1. The quantitative estimate of drug-likeness (QED) is 0.742. The summed E-state index contributed by atoms with van der Waals surface area (Å²) in [6.07, 6.45) is 3.66. The largest absolute Gasteiger partial charge is 0.412 e. The maximum Gasteiger partial charge on any atom is 0.412 e. The maximum absolute atomic E-state index is 11.4. The van der Waals surface area contributed by atoms with Gasteiger partial charge in [0.05, 0.1) is 6.20 Å². The summed E-state index contributed by atoms with van der Waals surface area (Å²) in [6, 6.07) is 3.59. The molecule has 0 radical (unpaired) electrons. The van der Waals surface area contributed by atoms with Gasteiger partial charge >= 0.3 is 6.09 Å². The van der Waals surface area contributed by atoms with Gasteiger partial charge in [0, 0.05) is 18.8 Å². The number of carbonyl (C=O) groups is 1. The summed E-state index contributed by atoms with van der Waals surface area (Å²) < 4.78 is 5.04. The van der Waals surface area contributed by atoms with Crippen LogP contribution >= 0.6 is 0 Å². The van der Waals surface area contributed by atoms with Gasteiger partial charge in [-0.15, -0.1) is 0 Å². The third-order valence-electron chi connectivity index (χ3n) is 2.23. The van der Waals surface area contributed by atoms with Gasteiger partial charge in [0.2, 0.25) is 0 Å². The van der Waals surface area contributed by atoms with Crippen molar-refractivity contribution >= 4 is 6.09 Å². The number of hydrogen-bond acceptors (Lipinski definition) is 4. The lowest BCUT2D eigenvalue weighted by Gasteiger charge is -2.10. The van der Waals surface area contributed by atoms with Crippen molar-refractivity contribution in [2.75, 3.05) is 13.1 Å². The molecule has 1 saturated heterocycles. The van der Waals surface area contributed by atoms with Crippen molar-refractivity contribution in [3.8, 4) is 5.75 Å². The van der Waals surface area contributed by atoms with Crippen molar-refractivity contribution in [2.24, 2.45) is 0 Å². The van der Waals surface area contributed by atoms with E-state index in [0.717, 1.165) is 19.5 Å². The summed E-state index contributed by atoms with van der Waals surface area (Å²) in [7, 11) is 0. The van der Waals surface area contributed by atoms with Crippen LogP contribution in [0.4, 0.5) is 4.79 Å². The second-order valence-corrected chi connectivity index (χ2v) is 3.41. The van der Waals surface area contributed by atoms with Crippen molar-refractivity contribution < 1.29 is 9.53 Å². The molecule has 5 heteroatoms. The number of ether oxygens (including phenoxy) is 1. The van der Waals surface area contributed by atoms with Gasteiger partial charge in [-0.1, -0.05) is 0 Å². The number of nitrogens with zero attached hydrogens (tertiary/aromatic N) is 1. The molecule has 0 aliphatic carbocycles. The van der Waals surface area contributed by atoms with Gasteiger partial charge in [0.15, 0.2) is 5.75 Å². The molecule has 0 bridgehead atoms. The van der Waals surface area contributed by atoms with Gasteiger partial charge in [-0.3, -0.25) is 4.98 Å². The molecule has 1 aliphatic heterocycles. The fourth-order valence-electron chi connectivity index (χ4n) is 1.49. The highest BCUT2D eigenvalue weighted by Crippen LogP contribution is 2.06. The lowest BCUT2D eigenvalue weighted by molar-refractivity contribution is 0.196. The van der Waals surface area contributed by atoms with Crippen LogP contribution in [-0.2, 0) is 0 Å². The molecule has 1 aromatic rings. The number of hydrogen-bond donors (Lipinski definition) is 2. The van der Waals surface area contributed by atoms with E-state index in [-0.39, 0.29) is 6.04 Å². The number of aromatic nitrogens is 1. The van der Waals surface area contributed by atoms with Crippen molar-refractivity contribution in [1.29, 1.82) is 0 Å². The van der Waals surface area contributed by atoms with Crippen LogP contribution in [0.5, 0.6) is 5.75 Å². The Labute approximate surface area is 87.8 Å². The zero-order valence-corrected chi connectivity index (χ0v) is 8.27. The Hall–Kier alpha value is -1.62. The molecule has 1 amide bonds. The van der Waals surface area contributed by atoms with E-state index in [1.165, 1.54) is 6.20 Å². The van der Waals surface area contributed by atoms with Crippen LogP contribution in [0.15, 0.2) is 24.5 Å². The Morgan fingerprint density at radius 2 is 2.60 bits per heavy atom. The van der Waals surface area contributed by atoms with Gasteiger partial charge in [-0.25, -0.2) is 4.79 Å². The first-order chi connectivity index (χ1) is 7.34. The topological polar surface area (TPSA) is 63.2 Å². The van der Waals surface area contributed by atoms with Crippen LogP contribution in [0.3, 0.4) is 0 Å². The Balaban J connectivity index is 1.82. The number of amides is 1. The molecule has 1 aromatic heterocycles. The van der Waals surface area contributed by atoms with Crippen LogP contribution in [-0.4, -0.2) is 30.2 Å². The Morgan fingerprint density at radius 1 is 1.67 bits per heavy atom. The number of nitrogens with one attached hydrogen (secondary N) is 2. The molecule has 1 atom stereocenters. The Bertz CT molecular complexity index is 323. The van der Waals surface area contributed by atoms with Crippen molar-refractivity contribution in [3.05, 3.63) is 24.5 Å². The van der Waals surface area contributed by atoms with E-state index in [9.17, 15) is 4.79 Å². The normalized spacial score (nSPS) is 19.9. The molecule has 0 spiro atoms. The lowest BCUT2D eigenvalue weighted by atomic mass is 10.3. The standard InChI is InChI=1S/C10H13N3O2/c14-10(13-8-3-5-12-6-8)15-9-2-1-4-11-7-9/h1-2,4,7-8,12H,3,5-6H2,(H,13,14). The van der Waals surface area contributed by atoms with Crippen LogP contribution in [0.2, 0.25) is 0 Å². The maximum atomic E-state index is 11.4. The molecular formula is C10H13N3O2. The van der Waals surface area contributed by atoms with Crippen LogP contribution in [0.1, 0.15) is 6.42 Å². The van der Waals surface area contributed by atoms with Crippen LogP contribution in [0.25, 0.3) is 0 Å². The van der Waals surface area contributed by atoms with E-state index >= 15 is 0 Å². The summed E-state index contributed by atoms with van der Waals surface area (Å²) in [5.41, 5.74) is 0. The van der Waals surface area contributed by atoms with Gasteiger partial charge in [0.1, 0.15) is 0 Å². The molecule has 1 unspecified atom stereocenters. The fourth-order valence-corrected chi connectivity index (χ4v) is 1.49. The molecule has 2 heterocycles. The molecule has 2 N–H and O–H groups in total. The predicted molar refractivity (Wildman–Crippen MR) is 54.7 cm³/mol. The zero-order valence-electron chi connectivity index (χ0n) is 8.27. The van der Waals surface area contributed by atoms with E-state index in [1.807, 2.05) is 0 Å². The first-order valence-corrected chi connectivity index (χ1v) is 4.94. The Morgan fingerprint density at radius 3 is 3.27 bits per heavy atom. The first kappa shape index (κ1) is 9.92. The molecule has 2 rings (SSSR count). The average Bonchev–Trinajstić information content (AvgIpc) is 2.71. The molecule has 1 fully saturated rings. The summed E-state index contributed by atoms with van der Waals surface area (Å²) in [5.74, 6) is 0.459. The van der Waals surface area contributed by atoms with E-state index in [2.05, 4.69) is 15.6 Å². The number of pyridine rings is 1. The smallest absolute Gasteiger partial charge is 0.409 e. The predicted octanol–water partition coefficient (Wildman–Crippen LogP) is 0.532. The molecular weight excluding hydrogens is 194 g/mol. The van der Waals surface area contributed by atoms with Crippen LogP contribution in [0, 0.1) is 0 Å². The second kappa shape index (κ2) is 4.75. The van der Waals surface area contributed by atoms with E-state index in [0.29, 0.717) is 5.75 Å². The zero-order chi connectivity index (χ0) is 10.5. The SMILES string of the molecule is O=C(NC1CCNC1)Oc1cccnc1. The third-order valence-corrected chi connectivity index (χ3v) is 2.23. The minimum atomic E-state index is -0.420. The molecule has 0 aromatic carbocycles. The minimum Gasteiger partial charge on any atom is -0.409 e. The Kier molecular flexibility index (Phi) is 3.14. The molecule has 0 saturated carbocycles. The molecule has 5 nitrogen and oxygen atoms in total. The van der Waals surface area contributed by atoms with E-state index in [1.54, 1.807) is 18.3 Å². The fraction of sp³-hybridized carbons (Fsp3) is 0.400. The highest BCUT2D eigenvalue weighted by atomic mass is 16.6. The molecule has 1 aliphatic rings. The van der Waals surface area contributed by atoms with E-state index < -0.39 is 6.09 Å². The highest BCUT2D eigenvalue weighted by Gasteiger charge is 2.17. The third kappa shape index (κ3) is 2.92. The summed E-state index contributed by atoms with van der Waals surface area (Å²) >= 11 is 0. The van der Waals surface area contributed by atoms with E-state index in [4.69, 9.17) is 4.74 Å². The van der Waals surface area contributed by atoms with Crippen molar-refractivity contribution in [2.45, 2.75) is 12.5 Å². The summed E-state index contributed by atoms with van der Waals surface area (Å²) in [6.45, 7) is 1.75. The summed E-state index contributed by atoms with van der Waals surface area (Å²) in [4.78, 5) is 15.2. The minimum absolute atomic E-state index is 0.175. The molecule has 80 valence electrons. The van der Waals surface area contributed by atoms with Gasteiger partial charge in [-0.05, 0) is 25.1 Å². The monoisotopic (exact) mass is 207 g/mol. The first-order valence-electron chi connectivity index (χ1n) is 4.94. The van der Waals surface area contributed by atoms with Crippen molar-refractivity contribution in [3.63, 3.8) is 0 Å². The highest BCUT2D eigenvalue weighted by molar-refractivity contribution is 5.70. The van der Waals surface area contributed by atoms with Crippen molar-refractivity contribution in [1.82, 2.24) is 15.6 Å². The van der Waals surface area contributed by atoms with Crippen LogP contribution < -0.4 is 15.4 Å².